The molecule has 0 aromatic heterocycles. The van der Waals surface area contributed by atoms with E-state index in [1.807, 2.05) is 11.8 Å². The van der Waals surface area contributed by atoms with Crippen molar-refractivity contribution in [2.45, 2.75) is 39.0 Å². The van der Waals surface area contributed by atoms with Crippen LogP contribution >= 0.6 is 12.2 Å². The molecule has 2 heterocycles. The maximum atomic E-state index is 13.6. The van der Waals surface area contributed by atoms with Crippen molar-refractivity contribution in [3.05, 3.63) is 58.9 Å². The lowest BCUT2D eigenvalue weighted by Gasteiger charge is -2.52. The first-order valence-corrected chi connectivity index (χ1v) is 8.44. The second-order valence-electron chi connectivity index (χ2n) is 6.85. The first-order chi connectivity index (χ1) is 11.4. The van der Waals surface area contributed by atoms with Crippen molar-refractivity contribution in [3.8, 4) is 5.75 Å². The SMILES string of the molecule is Cc1cc(C)cc(N2C(=S)N[C@H]3C[C@@]2(C)Oc2ccc(F)cc23)c1. The minimum Gasteiger partial charge on any atom is -0.467 e. The van der Waals surface area contributed by atoms with Crippen LogP contribution in [0, 0.1) is 19.7 Å². The lowest BCUT2D eigenvalue weighted by atomic mass is 9.90. The van der Waals surface area contributed by atoms with Gasteiger partial charge in [0, 0.05) is 17.7 Å². The number of fused-ring (bicyclic) bond motifs is 4. The van der Waals surface area contributed by atoms with Gasteiger partial charge in [-0.25, -0.2) is 4.39 Å². The molecule has 4 rings (SSSR count). The Bertz CT molecular complexity index is 833. The molecule has 24 heavy (non-hydrogen) atoms. The van der Waals surface area contributed by atoms with E-state index in [-0.39, 0.29) is 11.9 Å². The molecule has 2 aromatic rings. The molecular weight excluding hydrogens is 323 g/mol. The van der Waals surface area contributed by atoms with Gasteiger partial charge in [0.15, 0.2) is 10.8 Å². The van der Waals surface area contributed by atoms with E-state index < -0.39 is 5.72 Å². The van der Waals surface area contributed by atoms with Crippen molar-refractivity contribution < 1.29 is 9.13 Å². The number of ether oxygens (including phenoxy) is 1. The topological polar surface area (TPSA) is 24.5 Å². The Morgan fingerprint density at radius 2 is 1.92 bits per heavy atom. The van der Waals surface area contributed by atoms with Crippen LogP contribution in [0.5, 0.6) is 5.75 Å². The average Bonchev–Trinajstić information content (AvgIpc) is 2.46. The molecular formula is C19H19FN2OS. The molecule has 124 valence electrons. The number of nitrogens with zero attached hydrogens (tertiary/aromatic N) is 1. The highest BCUT2D eigenvalue weighted by Crippen LogP contribution is 2.45. The summed E-state index contributed by atoms with van der Waals surface area (Å²) < 4.78 is 19.9. The highest BCUT2D eigenvalue weighted by Gasteiger charge is 2.48. The standard InChI is InChI=1S/C19H19FN2OS/c1-11-6-12(2)8-14(7-11)22-18(24)21-16-10-19(22,3)23-17-5-4-13(20)9-15(16)17/h4-9,16H,10H2,1-3H3,(H,21,24)/t16-,19+/m0/s1. The minimum atomic E-state index is -0.599. The third-order valence-electron chi connectivity index (χ3n) is 4.70. The predicted octanol–water partition coefficient (Wildman–Crippen LogP) is 4.38. The van der Waals surface area contributed by atoms with Crippen LogP contribution < -0.4 is 15.0 Å². The van der Waals surface area contributed by atoms with Gasteiger partial charge in [0.2, 0.25) is 0 Å². The van der Waals surface area contributed by atoms with E-state index in [1.54, 1.807) is 6.07 Å². The fourth-order valence-electron chi connectivity index (χ4n) is 3.82. The first kappa shape index (κ1) is 15.4. The summed E-state index contributed by atoms with van der Waals surface area (Å²) >= 11 is 5.62. The molecule has 1 fully saturated rings. The Hall–Kier alpha value is -2.14. The number of hydrogen-bond acceptors (Lipinski definition) is 2. The molecule has 2 bridgehead atoms. The third-order valence-corrected chi connectivity index (χ3v) is 5.00. The fourth-order valence-corrected chi connectivity index (χ4v) is 4.26. The van der Waals surface area contributed by atoms with Gasteiger partial charge in [-0.1, -0.05) is 6.07 Å². The summed E-state index contributed by atoms with van der Waals surface area (Å²) in [7, 11) is 0. The smallest absolute Gasteiger partial charge is 0.188 e. The van der Waals surface area contributed by atoms with E-state index >= 15 is 0 Å². The molecule has 2 atom stereocenters. The lowest BCUT2D eigenvalue weighted by molar-refractivity contribution is 0.0495. The van der Waals surface area contributed by atoms with Gasteiger partial charge in [-0.05, 0) is 74.4 Å². The van der Waals surface area contributed by atoms with E-state index in [9.17, 15) is 4.39 Å². The number of thiocarbonyl (C=S) groups is 1. The van der Waals surface area contributed by atoms with E-state index in [0.717, 1.165) is 11.3 Å². The van der Waals surface area contributed by atoms with E-state index in [4.69, 9.17) is 17.0 Å². The maximum absolute atomic E-state index is 13.6. The van der Waals surface area contributed by atoms with Gasteiger partial charge in [0.25, 0.3) is 0 Å². The maximum Gasteiger partial charge on any atom is 0.188 e. The molecule has 5 heteroatoms. The van der Waals surface area contributed by atoms with Crippen LogP contribution in [0.15, 0.2) is 36.4 Å². The lowest BCUT2D eigenvalue weighted by Crippen LogP contribution is -2.65. The number of anilines is 1. The van der Waals surface area contributed by atoms with E-state index in [2.05, 4.69) is 37.4 Å². The van der Waals surface area contributed by atoms with E-state index in [1.165, 1.54) is 23.3 Å². The van der Waals surface area contributed by atoms with Gasteiger partial charge in [-0.3, -0.25) is 4.90 Å². The van der Waals surface area contributed by atoms with Crippen molar-refractivity contribution in [3.63, 3.8) is 0 Å². The molecule has 2 aliphatic rings. The van der Waals surface area contributed by atoms with Crippen LogP contribution in [0.3, 0.4) is 0 Å². The summed E-state index contributed by atoms with van der Waals surface area (Å²) in [6.07, 6.45) is 0.691. The normalized spacial score (nSPS) is 24.9. The van der Waals surface area contributed by atoms with Crippen molar-refractivity contribution in [1.29, 1.82) is 0 Å². The largest absolute Gasteiger partial charge is 0.467 e. The van der Waals surface area contributed by atoms with Crippen LogP contribution in [0.1, 0.15) is 36.1 Å². The second-order valence-corrected chi connectivity index (χ2v) is 7.23. The van der Waals surface area contributed by atoms with Crippen LogP contribution in [-0.2, 0) is 0 Å². The Balaban J connectivity index is 1.82. The van der Waals surface area contributed by atoms with Gasteiger partial charge < -0.3 is 10.1 Å². The molecule has 0 aliphatic carbocycles. The van der Waals surface area contributed by atoms with Crippen LogP contribution in [0.2, 0.25) is 0 Å². The van der Waals surface area contributed by atoms with Crippen molar-refractivity contribution in [2.24, 2.45) is 0 Å². The second kappa shape index (κ2) is 5.18. The molecule has 2 aliphatic heterocycles. The molecule has 0 saturated carbocycles. The average molecular weight is 342 g/mol. The monoisotopic (exact) mass is 342 g/mol. The zero-order chi connectivity index (χ0) is 17.1. The minimum absolute atomic E-state index is 0.0379. The highest BCUT2D eigenvalue weighted by molar-refractivity contribution is 7.80. The molecule has 2 aromatic carbocycles. The number of rotatable bonds is 1. The highest BCUT2D eigenvalue weighted by atomic mass is 32.1. The summed E-state index contributed by atoms with van der Waals surface area (Å²) in [5, 5.41) is 3.96. The quantitative estimate of drug-likeness (QED) is 0.778. The van der Waals surface area contributed by atoms with Gasteiger partial charge in [0.05, 0.1) is 6.04 Å². The zero-order valence-electron chi connectivity index (χ0n) is 13.9. The van der Waals surface area contributed by atoms with Crippen LogP contribution in [0.4, 0.5) is 10.1 Å². The number of nitrogens with one attached hydrogen (secondary N) is 1. The molecule has 0 spiro atoms. The Morgan fingerprint density at radius 1 is 1.21 bits per heavy atom. The summed E-state index contributed by atoms with van der Waals surface area (Å²) in [5.74, 6) is 0.449. The molecule has 1 saturated heterocycles. The van der Waals surface area contributed by atoms with Gasteiger partial charge in [0.1, 0.15) is 11.6 Å². The molecule has 0 amide bonds. The molecule has 3 nitrogen and oxygen atoms in total. The number of halogens is 1. The van der Waals surface area contributed by atoms with Crippen LogP contribution in [0.25, 0.3) is 0 Å². The van der Waals surface area contributed by atoms with Crippen molar-refractivity contribution in [2.75, 3.05) is 4.90 Å². The number of aryl methyl sites for hydroxylation is 2. The number of benzene rings is 2. The Kier molecular flexibility index (Phi) is 3.32. The van der Waals surface area contributed by atoms with E-state index in [0.29, 0.717) is 17.3 Å². The summed E-state index contributed by atoms with van der Waals surface area (Å²) in [4.78, 5) is 2.03. The van der Waals surface area contributed by atoms with Crippen LogP contribution in [-0.4, -0.2) is 10.8 Å². The molecule has 1 N–H and O–H groups in total. The van der Waals surface area contributed by atoms with Gasteiger partial charge in [-0.15, -0.1) is 0 Å². The van der Waals surface area contributed by atoms with Gasteiger partial charge >= 0.3 is 0 Å². The zero-order valence-corrected chi connectivity index (χ0v) is 14.7. The summed E-state index contributed by atoms with van der Waals surface area (Å²) in [5.41, 5.74) is 3.60. The molecule has 0 unspecified atom stereocenters. The first-order valence-electron chi connectivity index (χ1n) is 8.03. The summed E-state index contributed by atoms with van der Waals surface area (Å²) in [6.45, 7) is 6.18. The predicted molar refractivity (Wildman–Crippen MR) is 96.9 cm³/mol. The van der Waals surface area contributed by atoms with Gasteiger partial charge in [-0.2, -0.15) is 0 Å². The third kappa shape index (κ3) is 2.35. The van der Waals surface area contributed by atoms with Crippen molar-refractivity contribution in [1.82, 2.24) is 5.32 Å². The summed E-state index contributed by atoms with van der Waals surface area (Å²) in [6, 6.07) is 11.0. The van der Waals surface area contributed by atoms with Crippen molar-refractivity contribution >= 4 is 23.0 Å². The molecule has 0 radical (unpaired) electrons. The fraction of sp³-hybridized carbons (Fsp3) is 0.316. The Morgan fingerprint density at radius 3 is 2.62 bits per heavy atom. The Labute approximate surface area is 146 Å². The number of hydrogen-bond donors (Lipinski definition) is 1.